The van der Waals surface area contributed by atoms with E-state index in [9.17, 15) is 22.4 Å². The summed E-state index contributed by atoms with van der Waals surface area (Å²) in [6.07, 6.45) is -2.56. The Labute approximate surface area is 204 Å². The first-order chi connectivity index (χ1) is 16.1. The van der Waals surface area contributed by atoms with Crippen LogP contribution in [0.1, 0.15) is 40.9 Å². The summed E-state index contributed by atoms with van der Waals surface area (Å²) in [7, 11) is 1.49. The number of aryl methyl sites for hydroxylation is 1. The number of rotatable bonds is 8. The lowest BCUT2D eigenvalue weighted by Crippen LogP contribution is -2.38. The number of carbonyl (C=O) groups excluding carboxylic acids is 1. The van der Waals surface area contributed by atoms with Crippen molar-refractivity contribution < 1.29 is 22.4 Å². The van der Waals surface area contributed by atoms with Gasteiger partial charge in [0.1, 0.15) is 17.6 Å². The third-order valence-electron chi connectivity index (χ3n) is 5.26. The minimum atomic E-state index is -4.52. The predicted molar refractivity (Wildman–Crippen MR) is 123 cm³/mol. The number of amides is 1. The zero-order valence-electron chi connectivity index (χ0n) is 18.0. The van der Waals surface area contributed by atoms with Gasteiger partial charge in [-0.2, -0.15) is 13.2 Å². The Kier molecular flexibility index (Phi) is 8.52. The number of hydrogen-bond donors (Lipinski definition) is 2. The van der Waals surface area contributed by atoms with Crippen molar-refractivity contribution in [2.75, 3.05) is 7.05 Å². The fourth-order valence-electron chi connectivity index (χ4n) is 3.45. The highest BCUT2D eigenvalue weighted by Crippen LogP contribution is 2.31. The normalized spacial score (nSPS) is 13.4. The molecule has 3 aromatic rings. The Morgan fingerprint density at radius 3 is 2.24 bits per heavy atom. The van der Waals surface area contributed by atoms with Crippen LogP contribution in [0.5, 0.6) is 0 Å². The van der Waals surface area contributed by atoms with Gasteiger partial charge < -0.3 is 5.32 Å². The van der Waals surface area contributed by atoms with Crippen molar-refractivity contribution in [2.24, 2.45) is 0 Å². The maximum absolute atomic E-state index is 13.4. The number of pyridine rings is 1. The number of hydrogen-bond acceptors (Lipinski definition) is 3. The van der Waals surface area contributed by atoms with Gasteiger partial charge in [-0.15, -0.1) is 0 Å². The number of benzene rings is 2. The van der Waals surface area contributed by atoms with Gasteiger partial charge in [-0.3, -0.25) is 15.1 Å². The third-order valence-corrected chi connectivity index (χ3v) is 6.00. The first kappa shape index (κ1) is 25.9. The summed E-state index contributed by atoms with van der Waals surface area (Å²) in [5.74, 6) is -0.775. The molecular formula is C24H21Cl2F4N3O. The Morgan fingerprint density at radius 1 is 1.00 bits per heavy atom. The Morgan fingerprint density at radius 2 is 1.68 bits per heavy atom. The molecule has 0 spiro atoms. The van der Waals surface area contributed by atoms with Crippen molar-refractivity contribution in [1.82, 2.24) is 15.6 Å². The van der Waals surface area contributed by atoms with E-state index in [1.807, 2.05) is 0 Å². The maximum atomic E-state index is 13.4. The second-order valence-corrected chi connectivity index (χ2v) is 8.39. The average Bonchev–Trinajstić information content (AvgIpc) is 2.81. The molecule has 0 aliphatic rings. The van der Waals surface area contributed by atoms with Crippen LogP contribution in [0.2, 0.25) is 10.0 Å². The molecule has 0 radical (unpaired) electrons. The molecule has 4 nitrogen and oxygen atoms in total. The molecule has 0 aliphatic heterocycles. The van der Waals surface area contributed by atoms with Gasteiger partial charge in [0, 0.05) is 19.3 Å². The van der Waals surface area contributed by atoms with E-state index in [1.165, 1.54) is 43.6 Å². The average molecular weight is 514 g/mol. The van der Waals surface area contributed by atoms with E-state index in [4.69, 9.17) is 23.2 Å². The van der Waals surface area contributed by atoms with E-state index in [0.717, 1.165) is 11.6 Å². The molecule has 0 aliphatic carbocycles. The first-order valence-electron chi connectivity index (χ1n) is 10.3. The lowest BCUT2D eigenvalue weighted by atomic mass is 9.96. The molecule has 3 rings (SSSR count). The highest BCUT2D eigenvalue weighted by Gasteiger charge is 2.32. The second-order valence-electron chi connectivity index (χ2n) is 7.58. The lowest BCUT2D eigenvalue weighted by molar-refractivity contribution is -0.141. The molecule has 2 N–H and O–H groups in total. The highest BCUT2D eigenvalue weighted by molar-refractivity contribution is 6.42. The summed E-state index contributed by atoms with van der Waals surface area (Å²) in [5, 5.41) is 6.54. The van der Waals surface area contributed by atoms with Gasteiger partial charge in [-0.25, -0.2) is 4.39 Å². The molecule has 0 bridgehead atoms. The van der Waals surface area contributed by atoms with Crippen molar-refractivity contribution >= 4 is 29.1 Å². The second kappa shape index (κ2) is 11.2. The van der Waals surface area contributed by atoms with Crippen molar-refractivity contribution in [2.45, 2.75) is 31.1 Å². The van der Waals surface area contributed by atoms with Crippen LogP contribution < -0.4 is 10.6 Å². The van der Waals surface area contributed by atoms with Crippen LogP contribution in [-0.4, -0.2) is 17.9 Å². The number of alkyl halides is 3. The van der Waals surface area contributed by atoms with Gasteiger partial charge >= 0.3 is 6.18 Å². The Balaban J connectivity index is 1.88. The standard InChI is InChI=1S/C24H21Cl2F4N3O/c1-31-23(34)22(15-4-7-17(27)8-5-15)33-20(16-6-9-18(25)19(26)12-16)10-2-14-3-11-21(32-13-14)24(28,29)30/h3-9,11-13,20,22,33H,2,10H2,1H3,(H,31,34)/t20-,22+/m1/s1. The predicted octanol–water partition coefficient (Wildman–Crippen LogP) is 6.30. The fourth-order valence-corrected chi connectivity index (χ4v) is 3.76. The number of carbonyl (C=O) groups is 1. The molecule has 34 heavy (non-hydrogen) atoms. The molecule has 10 heteroatoms. The summed E-state index contributed by atoms with van der Waals surface area (Å²) in [4.78, 5) is 16.2. The van der Waals surface area contributed by atoms with Crippen LogP contribution in [-0.2, 0) is 17.4 Å². The Hall–Kier alpha value is -2.68. The molecular weight excluding hydrogens is 493 g/mol. The van der Waals surface area contributed by atoms with E-state index in [2.05, 4.69) is 15.6 Å². The molecule has 1 aromatic heterocycles. The Bertz CT molecular complexity index is 1120. The van der Waals surface area contributed by atoms with Crippen LogP contribution in [0.4, 0.5) is 17.6 Å². The van der Waals surface area contributed by atoms with Crippen LogP contribution in [0.15, 0.2) is 60.8 Å². The van der Waals surface area contributed by atoms with Gasteiger partial charge in [-0.1, -0.05) is 47.5 Å². The molecule has 0 saturated heterocycles. The van der Waals surface area contributed by atoms with Crippen molar-refractivity contribution in [3.63, 3.8) is 0 Å². The van der Waals surface area contributed by atoms with E-state index >= 15 is 0 Å². The number of aromatic nitrogens is 1. The molecule has 2 aromatic carbocycles. The van der Waals surface area contributed by atoms with Crippen LogP contribution in [0, 0.1) is 5.82 Å². The summed E-state index contributed by atoms with van der Waals surface area (Å²) in [5.41, 5.74) is 0.900. The van der Waals surface area contributed by atoms with Gasteiger partial charge in [0.15, 0.2) is 0 Å². The fraction of sp³-hybridized carbons (Fsp3) is 0.250. The molecule has 180 valence electrons. The molecule has 0 saturated carbocycles. The summed E-state index contributed by atoms with van der Waals surface area (Å²) >= 11 is 12.2. The molecule has 0 unspecified atom stereocenters. The van der Waals surface area contributed by atoms with Gasteiger partial charge in [0.05, 0.1) is 10.0 Å². The molecule has 1 heterocycles. The van der Waals surface area contributed by atoms with Gasteiger partial charge in [-0.05, 0) is 59.9 Å². The number of nitrogens with one attached hydrogen (secondary N) is 2. The number of halogens is 6. The minimum absolute atomic E-state index is 0.320. The number of nitrogens with zero attached hydrogens (tertiary/aromatic N) is 1. The summed E-state index contributed by atoms with van der Waals surface area (Å²) in [6, 6.07) is 11.6. The number of likely N-dealkylation sites (N-methyl/N-ethyl adjacent to an activating group) is 1. The van der Waals surface area contributed by atoms with Gasteiger partial charge in [0.2, 0.25) is 5.91 Å². The topological polar surface area (TPSA) is 54.0 Å². The maximum Gasteiger partial charge on any atom is 0.433 e. The van der Waals surface area contributed by atoms with Crippen molar-refractivity contribution in [3.05, 3.63) is 99.0 Å². The van der Waals surface area contributed by atoms with E-state index in [0.29, 0.717) is 34.0 Å². The van der Waals surface area contributed by atoms with Crippen molar-refractivity contribution in [3.8, 4) is 0 Å². The minimum Gasteiger partial charge on any atom is -0.358 e. The molecule has 0 fully saturated rings. The molecule has 1 amide bonds. The van der Waals surface area contributed by atoms with Gasteiger partial charge in [0.25, 0.3) is 0 Å². The van der Waals surface area contributed by atoms with Crippen molar-refractivity contribution in [1.29, 1.82) is 0 Å². The van der Waals surface area contributed by atoms with Crippen LogP contribution in [0.3, 0.4) is 0 Å². The zero-order valence-corrected chi connectivity index (χ0v) is 19.5. The lowest BCUT2D eigenvalue weighted by Gasteiger charge is -2.26. The quantitative estimate of drug-likeness (QED) is 0.347. The summed E-state index contributed by atoms with van der Waals surface area (Å²) < 4.78 is 51.9. The smallest absolute Gasteiger partial charge is 0.358 e. The van der Waals surface area contributed by atoms with Crippen LogP contribution >= 0.6 is 23.2 Å². The monoisotopic (exact) mass is 513 g/mol. The zero-order chi connectivity index (χ0) is 24.9. The SMILES string of the molecule is CNC(=O)[C@@H](N[C@H](CCc1ccc(C(F)(F)F)nc1)c1ccc(Cl)c(Cl)c1)c1ccc(F)cc1. The first-order valence-corrected chi connectivity index (χ1v) is 11.0. The van der Waals surface area contributed by atoms with E-state index in [1.54, 1.807) is 18.2 Å². The van der Waals surface area contributed by atoms with E-state index in [-0.39, 0.29) is 5.91 Å². The largest absolute Gasteiger partial charge is 0.433 e. The highest BCUT2D eigenvalue weighted by atomic mass is 35.5. The third kappa shape index (κ3) is 6.68. The van der Waals surface area contributed by atoms with E-state index < -0.39 is 29.8 Å². The summed E-state index contributed by atoms with van der Waals surface area (Å²) in [6.45, 7) is 0. The molecule has 2 atom stereocenters. The van der Waals surface area contributed by atoms with Crippen LogP contribution in [0.25, 0.3) is 0 Å².